The Morgan fingerprint density at radius 2 is 1.56 bits per heavy atom. The van der Waals surface area contributed by atoms with Crippen molar-refractivity contribution >= 4 is 29.2 Å². The van der Waals surface area contributed by atoms with Crippen molar-refractivity contribution in [2.24, 2.45) is 0 Å². The SMILES string of the molecule is COc1ccc(N2Cc3cnc(NCC(F)(F)F)nc3N(c3ccc(OC(F)(F)F)cc3)C2=O)cc1. The van der Waals surface area contributed by atoms with Gasteiger partial charge in [0.1, 0.15) is 18.0 Å². The fraction of sp³-hybridized carbons (Fsp3) is 0.227. The Kier molecular flexibility index (Phi) is 6.52. The molecule has 0 bridgehead atoms. The maximum atomic E-state index is 13.5. The van der Waals surface area contributed by atoms with Crippen LogP contribution in [0.25, 0.3) is 0 Å². The maximum Gasteiger partial charge on any atom is 0.573 e. The zero-order chi connectivity index (χ0) is 26.1. The quantitative estimate of drug-likeness (QED) is 0.430. The van der Waals surface area contributed by atoms with Crippen LogP contribution in [0.15, 0.2) is 54.7 Å². The van der Waals surface area contributed by atoms with E-state index in [9.17, 15) is 31.1 Å². The molecule has 2 aromatic carbocycles. The van der Waals surface area contributed by atoms with E-state index in [1.807, 2.05) is 0 Å². The number of aromatic nitrogens is 2. The predicted octanol–water partition coefficient (Wildman–Crippen LogP) is 5.64. The zero-order valence-corrected chi connectivity index (χ0v) is 18.4. The van der Waals surface area contributed by atoms with Crippen LogP contribution in [0.1, 0.15) is 5.56 Å². The molecule has 36 heavy (non-hydrogen) atoms. The molecule has 3 aromatic rings. The first-order valence-corrected chi connectivity index (χ1v) is 10.2. The first-order chi connectivity index (χ1) is 16.9. The Labute approximate surface area is 200 Å². The number of nitrogens with zero attached hydrogens (tertiary/aromatic N) is 4. The minimum Gasteiger partial charge on any atom is -0.497 e. The largest absolute Gasteiger partial charge is 0.573 e. The van der Waals surface area contributed by atoms with Gasteiger partial charge < -0.3 is 14.8 Å². The van der Waals surface area contributed by atoms with Crippen molar-refractivity contribution in [2.75, 3.05) is 28.8 Å². The molecule has 0 saturated carbocycles. The van der Waals surface area contributed by atoms with Crippen molar-refractivity contribution in [3.8, 4) is 11.5 Å². The fourth-order valence-corrected chi connectivity index (χ4v) is 3.41. The van der Waals surface area contributed by atoms with E-state index in [0.717, 1.165) is 17.0 Å². The molecule has 1 aromatic heterocycles. The number of carbonyl (C=O) groups excluding carboxylic acids is 1. The standard InChI is InChI=1S/C22H17F6N5O3/c1-35-16-6-2-14(3-7-16)32-11-13-10-29-19(30-12-21(23,24)25)31-18(13)33(20(32)34)15-4-8-17(9-5-15)36-22(26,27)28/h2-10H,11-12H2,1H3,(H,29,30,31). The molecule has 0 fully saturated rings. The van der Waals surface area contributed by atoms with Gasteiger partial charge in [0.2, 0.25) is 5.95 Å². The van der Waals surface area contributed by atoms with Crippen molar-refractivity contribution in [1.29, 1.82) is 0 Å². The molecule has 1 aliphatic heterocycles. The number of halogens is 6. The molecular formula is C22H17F6N5O3. The van der Waals surface area contributed by atoms with Gasteiger partial charge in [0, 0.05) is 17.4 Å². The highest BCUT2D eigenvalue weighted by molar-refractivity contribution is 6.10. The van der Waals surface area contributed by atoms with Crippen molar-refractivity contribution in [2.45, 2.75) is 19.1 Å². The molecule has 190 valence electrons. The molecule has 0 unspecified atom stereocenters. The number of alkyl halides is 6. The average Bonchev–Trinajstić information content (AvgIpc) is 2.82. The van der Waals surface area contributed by atoms with Gasteiger partial charge in [-0.25, -0.2) is 14.7 Å². The third kappa shape index (κ3) is 5.70. The van der Waals surface area contributed by atoms with Gasteiger partial charge in [-0.2, -0.15) is 18.2 Å². The van der Waals surface area contributed by atoms with Gasteiger partial charge in [-0.3, -0.25) is 4.90 Å². The summed E-state index contributed by atoms with van der Waals surface area (Å²) in [6.07, 6.45) is -8.17. The number of ether oxygens (including phenoxy) is 2. The summed E-state index contributed by atoms with van der Waals surface area (Å²) in [5.74, 6) is -0.365. The van der Waals surface area contributed by atoms with Crippen LogP contribution in [0.2, 0.25) is 0 Å². The van der Waals surface area contributed by atoms with Gasteiger partial charge in [-0.05, 0) is 48.5 Å². The van der Waals surface area contributed by atoms with Crippen LogP contribution in [-0.2, 0) is 6.54 Å². The summed E-state index contributed by atoms with van der Waals surface area (Å²) in [5, 5.41) is 2.05. The number of amides is 2. The lowest BCUT2D eigenvalue weighted by atomic mass is 10.1. The van der Waals surface area contributed by atoms with Gasteiger partial charge in [-0.15, -0.1) is 13.2 Å². The second-order valence-corrected chi connectivity index (χ2v) is 7.46. The van der Waals surface area contributed by atoms with Gasteiger partial charge in [0.05, 0.1) is 19.3 Å². The molecule has 0 spiro atoms. The molecule has 4 rings (SSSR count). The molecule has 2 amide bonds. The van der Waals surface area contributed by atoms with Gasteiger partial charge in [-0.1, -0.05) is 0 Å². The number of carbonyl (C=O) groups is 1. The van der Waals surface area contributed by atoms with Gasteiger partial charge in [0.25, 0.3) is 0 Å². The number of urea groups is 1. The van der Waals surface area contributed by atoms with Crippen LogP contribution >= 0.6 is 0 Å². The Morgan fingerprint density at radius 1 is 0.944 bits per heavy atom. The molecule has 0 aliphatic carbocycles. The molecule has 2 heterocycles. The highest BCUT2D eigenvalue weighted by atomic mass is 19.4. The van der Waals surface area contributed by atoms with Crippen molar-refractivity contribution in [3.05, 3.63) is 60.3 Å². The number of fused-ring (bicyclic) bond motifs is 1. The molecule has 1 N–H and O–H groups in total. The number of rotatable bonds is 6. The van der Waals surface area contributed by atoms with Crippen LogP contribution in [0, 0.1) is 0 Å². The number of methoxy groups -OCH3 is 1. The lowest BCUT2D eigenvalue weighted by molar-refractivity contribution is -0.274. The Bertz CT molecular complexity index is 1230. The van der Waals surface area contributed by atoms with Crippen LogP contribution < -0.4 is 24.6 Å². The molecule has 1 aliphatic rings. The number of nitrogens with one attached hydrogen (secondary N) is 1. The fourth-order valence-electron chi connectivity index (χ4n) is 3.41. The third-order valence-corrected chi connectivity index (χ3v) is 4.96. The van der Waals surface area contributed by atoms with Crippen molar-refractivity contribution in [1.82, 2.24) is 9.97 Å². The molecule has 0 saturated heterocycles. The average molecular weight is 513 g/mol. The Hall–Kier alpha value is -4.23. The first-order valence-electron chi connectivity index (χ1n) is 10.2. The minimum atomic E-state index is -4.91. The summed E-state index contributed by atoms with van der Waals surface area (Å²) in [7, 11) is 1.48. The Balaban J connectivity index is 1.73. The molecule has 14 heteroatoms. The molecule has 8 nitrogen and oxygen atoms in total. The molecule has 0 atom stereocenters. The highest BCUT2D eigenvalue weighted by Gasteiger charge is 2.36. The highest BCUT2D eigenvalue weighted by Crippen LogP contribution is 2.37. The van der Waals surface area contributed by atoms with E-state index in [4.69, 9.17) is 4.74 Å². The number of hydrogen-bond acceptors (Lipinski definition) is 6. The second kappa shape index (κ2) is 9.43. The van der Waals surface area contributed by atoms with Crippen molar-refractivity contribution in [3.63, 3.8) is 0 Å². The van der Waals surface area contributed by atoms with E-state index >= 15 is 0 Å². The van der Waals surface area contributed by atoms with Crippen LogP contribution in [0.5, 0.6) is 11.5 Å². The summed E-state index contributed by atoms with van der Waals surface area (Å²) in [6, 6.07) is 10.3. The smallest absolute Gasteiger partial charge is 0.497 e. The predicted molar refractivity (Wildman–Crippen MR) is 116 cm³/mol. The lowest BCUT2D eigenvalue weighted by Gasteiger charge is -2.36. The summed E-state index contributed by atoms with van der Waals surface area (Å²) < 4.78 is 84.5. The topological polar surface area (TPSA) is 79.8 Å². The van der Waals surface area contributed by atoms with Crippen molar-refractivity contribution < 1.29 is 40.6 Å². The minimum absolute atomic E-state index is 0.00812. The van der Waals surface area contributed by atoms with E-state index in [2.05, 4.69) is 20.0 Å². The van der Waals surface area contributed by atoms with E-state index in [1.54, 1.807) is 24.3 Å². The van der Waals surface area contributed by atoms with Crippen LogP contribution in [-0.4, -0.2) is 42.2 Å². The number of anilines is 4. The van der Waals surface area contributed by atoms with E-state index < -0.39 is 30.9 Å². The third-order valence-electron chi connectivity index (χ3n) is 4.96. The summed E-state index contributed by atoms with van der Waals surface area (Å²) >= 11 is 0. The summed E-state index contributed by atoms with van der Waals surface area (Å²) in [4.78, 5) is 24.0. The summed E-state index contributed by atoms with van der Waals surface area (Å²) in [5.41, 5.74) is 0.959. The number of hydrogen-bond donors (Lipinski definition) is 1. The Morgan fingerprint density at radius 3 is 2.14 bits per heavy atom. The van der Waals surface area contributed by atoms with E-state index in [1.165, 1.54) is 30.3 Å². The zero-order valence-electron chi connectivity index (χ0n) is 18.4. The van der Waals surface area contributed by atoms with E-state index in [0.29, 0.717) is 17.0 Å². The van der Waals surface area contributed by atoms with Gasteiger partial charge in [0.15, 0.2) is 5.82 Å². The lowest BCUT2D eigenvalue weighted by Crippen LogP contribution is -2.45. The number of benzene rings is 2. The van der Waals surface area contributed by atoms with Gasteiger partial charge >= 0.3 is 18.6 Å². The maximum absolute atomic E-state index is 13.5. The first kappa shape index (κ1) is 24.9. The van der Waals surface area contributed by atoms with Crippen LogP contribution in [0.3, 0.4) is 0 Å². The normalized spacial score (nSPS) is 13.9. The van der Waals surface area contributed by atoms with Crippen LogP contribution in [0.4, 0.5) is 54.3 Å². The molecular weight excluding hydrogens is 496 g/mol. The molecule has 0 radical (unpaired) electrons. The second-order valence-electron chi connectivity index (χ2n) is 7.46. The van der Waals surface area contributed by atoms with E-state index in [-0.39, 0.29) is 24.0 Å². The monoisotopic (exact) mass is 513 g/mol. The summed E-state index contributed by atoms with van der Waals surface area (Å²) in [6.45, 7) is -1.41.